The van der Waals surface area contributed by atoms with Gasteiger partial charge in [0.1, 0.15) is 0 Å². The minimum Gasteiger partial charge on any atom is -0.317 e. The summed E-state index contributed by atoms with van der Waals surface area (Å²) in [5, 5.41) is 3.61. The lowest BCUT2D eigenvalue weighted by atomic mass is 9.87. The zero-order valence-corrected chi connectivity index (χ0v) is 13.2. The largest absolute Gasteiger partial charge is 0.317 e. The van der Waals surface area contributed by atoms with Crippen LogP contribution in [0.4, 0.5) is 0 Å². The summed E-state index contributed by atoms with van der Waals surface area (Å²) < 4.78 is 12.6. The van der Waals surface area contributed by atoms with Gasteiger partial charge >= 0.3 is 0 Å². The third-order valence-electron chi connectivity index (χ3n) is 4.05. The van der Waals surface area contributed by atoms with Crippen LogP contribution in [0.25, 0.3) is 0 Å². The quantitative estimate of drug-likeness (QED) is 0.920. The third-order valence-corrected chi connectivity index (χ3v) is 5.82. The molecule has 0 radical (unpaired) electrons. The first-order valence-corrected chi connectivity index (χ1v) is 8.31. The molecule has 0 heterocycles. The molecule has 1 fully saturated rings. The first kappa shape index (κ1) is 14.7. The van der Waals surface area contributed by atoms with Crippen LogP contribution in [0.3, 0.4) is 0 Å². The van der Waals surface area contributed by atoms with Crippen molar-refractivity contribution in [2.75, 3.05) is 7.05 Å². The van der Waals surface area contributed by atoms with Gasteiger partial charge in [0.2, 0.25) is 0 Å². The highest BCUT2D eigenvalue weighted by Crippen LogP contribution is 2.28. The predicted octanol–water partition coefficient (Wildman–Crippen LogP) is 3.23. The summed E-state index contributed by atoms with van der Waals surface area (Å²) in [6.45, 7) is 6.61. The van der Waals surface area contributed by atoms with Crippen molar-refractivity contribution in [1.29, 1.82) is 0 Å². The molecule has 0 spiro atoms. The van der Waals surface area contributed by atoms with Gasteiger partial charge in [-0.15, -0.1) is 0 Å². The summed E-state index contributed by atoms with van der Waals surface area (Å²) in [7, 11) is 1.14. The standard InChI is InChI=1S/C16H25NOS/c1-16(2,3)12-5-8-14(9-6-12)19(18)15-10-7-13(11-15)17-4/h5-6,8-9,13,15,17H,7,10-11H2,1-4H3. The Morgan fingerprint density at radius 3 is 2.26 bits per heavy atom. The fourth-order valence-corrected chi connectivity index (χ4v) is 4.22. The molecule has 2 nitrogen and oxygen atoms in total. The second-order valence-corrected chi connectivity index (χ2v) is 8.23. The molecular formula is C16H25NOS. The molecule has 1 N–H and O–H groups in total. The van der Waals surface area contributed by atoms with E-state index < -0.39 is 10.8 Å². The van der Waals surface area contributed by atoms with E-state index in [1.807, 2.05) is 19.2 Å². The van der Waals surface area contributed by atoms with Gasteiger partial charge in [-0.25, -0.2) is 0 Å². The van der Waals surface area contributed by atoms with E-state index in [1.165, 1.54) is 5.56 Å². The molecular weight excluding hydrogens is 254 g/mol. The summed E-state index contributed by atoms with van der Waals surface area (Å²) in [5.41, 5.74) is 1.46. The van der Waals surface area contributed by atoms with E-state index in [-0.39, 0.29) is 5.41 Å². The topological polar surface area (TPSA) is 29.1 Å². The van der Waals surface area contributed by atoms with Crippen molar-refractivity contribution >= 4 is 10.8 Å². The molecule has 3 unspecified atom stereocenters. The zero-order chi connectivity index (χ0) is 14.0. The molecule has 106 valence electrons. The van der Waals surface area contributed by atoms with Gasteiger partial charge in [0.05, 0.1) is 10.8 Å². The van der Waals surface area contributed by atoms with E-state index in [2.05, 4.69) is 38.2 Å². The SMILES string of the molecule is CNC1CCC(S(=O)c2ccc(C(C)(C)C)cc2)C1. The average Bonchev–Trinajstić information content (AvgIpc) is 2.86. The Kier molecular flexibility index (Phi) is 4.46. The number of hydrogen-bond acceptors (Lipinski definition) is 2. The second kappa shape index (κ2) is 5.76. The van der Waals surface area contributed by atoms with E-state index in [1.54, 1.807) is 0 Å². The van der Waals surface area contributed by atoms with Gasteiger partial charge < -0.3 is 5.32 Å². The van der Waals surface area contributed by atoms with E-state index in [9.17, 15) is 4.21 Å². The Bertz CT molecular complexity index is 447. The van der Waals surface area contributed by atoms with Crippen molar-refractivity contribution in [3.63, 3.8) is 0 Å². The fourth-order valence-electron chi connectivity index (χ4n) is 2.68. The lowest BCUT2D eigenvalue weighted by Gasteiger charge is -2.19. The first-order chi connectivity index (χ1) is 8.91. The lowest BCUT2D eigenvalue weighted by Crippen LogP contribution is -2.23. The van der Waals surface area contributed by atoms with Crippen molar-refractivity contribution in [3.8, 4) is 0 Å². The van der Waals surface area contributed by atoms with E-state index in [4.69, 9.17) is 0 Å². The van der Waals surface area contributed by atoms with Crippen LogP contribution >= 0.6 is 0 Å². The summed E-state index contributed by atoms with van der Waals surface area (Å²) in [4.78, 5) is 0.981. The molecule has 0 amide bonds. The third kappa shape index (κ3) is 3.46. The van der Waals surface area contributed by atoms with Crippen LogP contribution in [0.1, 0.15) is 45.6 Å². The van der Waals surface area contributed by atoms with Gasteiger partial charge in [0, 0.05) is 16.2 Å². The minimum absolute atomic E-state index is 0.157. The van der Waals surface area contributed by atoms with Crippen LogP contribution in [-0.2, 0) is 16.2 Å². The maximum absolute atomic E-state index is 12.6. The molecule has 1 aliphatic rings. The van der Waals surface area contributed by atoms with Crippen LogP contribution < -0.4 is 5.32 Å². The van der Waals surface area contributed by atoms with Crippen molar-refractivity contribution in [2.45, 2.75) is 61.6 Å². The minimum atomic E-state index is -0.856. The van der Waals surface area contributed by atoms with Gasteiger partial charge in [0.15, 0.2) is 0 Å². The van der Waals surface area contributed by atoms with E-state index in [0.717, 1.165) is 24.2 Å². The molecule has 1 aromatic carbocycles. The molecule has 3 heteroatoms. The normalized spacial score (nSPS) is 25.5. The molecule has 1 saturated carbocycles. The average molecular weight is 279 g/mol. The highest BCUT2D eigenvalue weighted by atomic mass is 32.2. The van der Waals surface area contributed by atoms with Gasteiger partial charge in [-0.2, -0.15) is 0 Å². The van der Waals surface area contributed by atoms with Crippen LogP contribution in [-0.4, -0.2) is 22.5 Å². The van der Waals surface area contributed by atoms with Crippen LogP contribution in [0.5, 0.6) is 0 Å². The Labute approximate surface area is 119 Å². The molecule has 2 rings (SSSR count). The van der Waals surface area contributed by atoms with E-state index in [0.29, 0.717) is 11.3 Å². The second-order valence-electron chi connectivity index (χ2n) is 6.49. The molecule has 0 aliphatic heterocycles. The highest BCUT2D eigenvalue weighted by Gasteiger charge is 2.28. The van der Waals surface area contributed by atoms with Crippen LogP contribution in [0, 0.1) is 0 Å². The maximum Gasteiger partial charge on any atom is 0.0561 e. The van der Waals surface area contributed by atoms with Gasteiger partial charge in [-0.3, -0.25) is 4.21 Å². The Hall–Kier alpha value is -0.670. The fraction of sp³-hybridized carbons (Fsp3) is 0.625. The molecule has 0 saturated heterocycles. The summed E-state index contributed by atoms with van der Waals surface area (Å²) in [6, 6.07) is 8.88. The van der Waals surface area contributed by atoms with Crippen molar-refractivity contribution in [3.05, 3.63) is 29.8 Å². The predicted molar refractivity (Wildman–Crippen MR) is 82.0 cm³/mol. The van der Waals surface area contributed by atoms with Crippen molar-refractivity contribution < 1.29 is 4.21 Å². The smallest absolute Gasteiger partial charge is 0.0561 e. The number of rotatable bonds is 3. The summed E-state index contributed by atoms with van der Waals surface area (Å²) in [5.74, 6) is 0. The van der Waals surface area contributed by atoms with Crippen LogP contribution in [0.15, 0.2) is 29.2 Å². The van der Waals surface area contributed by atoms with Crippen molar-refractivity contribution in [2.24, 2.45) is 0 Å². The summed E-state index contributed by atoms with van der Waals surface area (Å²) >= 11 is 0. The van der Waals surface area contributed by atoms with Gasteiger partial charge in [-0.05, 0) is 49.4 Å². The number of nitrogens with one attached hydrogen (secondary N) is 1. The molecule has 0 bridgehead atoms. The van der Waals surface area contributed by atoms with Crippen molar-refractivity contribution in [1.82, 2.24) is 5.32 Å². The maximum atomic E-state index is 12.6. The zero-order valence-electron chi connectivity index (χ0n) is 12.4. The monoisotopic (exact) mass is 279 g/mol. The molecule has 3 atom stereocenters. The molecule has 0 aromatic heterocycles. The first-order valence-electron chi connectivity index (χ1n) is 7.10. The molecule has 1 aromatic rings. The lowest BCUT2D eigenvalue weighted by molar-refractivity contribution is 0.581. The Balaban J connectivity index is 2.08. The molecule has 19 heavy (non-hydrogen) atoms. The Morgan fingerprint density at radius 2 is 1.79 bits per heavy atom. The summed E-state index contributed by atoms with van der Waals surface area (Å²) in [6.07, 6.45) is 3.25. The Morgan fingerprint density at radius 1 is 1.16 bits per heavy atom. The van der Waals surface area contributed by atoms with Gasteiger partial charge in [-0.1, -0.05) is 32.9 Å². The number of hydrogen-bond donors (Lipinski definition) is 1. The van der Waals surface area contributed by atoms with Crippen LogP contribution in [0.2, 0.25) is 0 Å². The number of benzene rings is 1. The molecule has 1 aliphatic carbocycles. The van der Waals surface area contributed by atoms with Gasteiger partial charge in [0.25, 0.3) is 0 Å². The van der Waals surface area contributed by atoms with E-state index >= 15 is 0 Å². The highest BCUT2D eigenvalue weighted by molar-refractivity contribution is 7.85.